The topological polar surface area (TPSA) is 49.5 Å². The molecule has 0 spiro atoms. The van der Waals surface area contributed by atoms with Gasteiger partial charge in [0.25, 0.3) is 0 Å². The molecule has 88 valence electrons. The molecule has 0 saturated carbocycles. The summed E-state index contributed by atoms with van der Waals surface area (Å²) >= 11 is 0. The summed E-state index contributed by atoms with van der Waals surface area (Å²) in [5.74, 6) is 0. The SMILES string of the molecule is CCN1CCc2cc(C(O)CN)ccc2C1. The van der Waals surface area contributed by atoms with Crippen LogP contribution in [0.2, 0.25) is 0 Å². The van der Waals surface area contributed by atoms with Crippen LogP contribution in [-0.2, 0) is 13.0 Å². The molecule has 16 heavy (non-hydrogen) atoms. The van der Waals surface area contributed by atoms with E-state index < -0.39 is 6.10 Å². The van der Waals surface area contributed by atoms with E-state index in [4.69, 9.17) is 5.73 Å². The lowest BCUT2D eigenvalue weighted by Crippen LogP contribution is -2.30. The summed E-state index contributed by atoms with van der Waals surface area (Å²) < 4.78 is 0. The van der Waals surface area contributed by atoms with Crippen LogP contribution in [0, 0.1) is 0 Å². The van der Waals surface area contributed by atoms with Gasteiger partial charge in [-0.3, -0.25) is 4.90 Å². The van der Waals surface area contributed by atoms with E-state index in [2.05, 4.69) is 24.0 Å². The van der Waals surface area contributed by atoms with Gasteiger partial charge in [-0.2, -0.15) is 0 Å². The highest BCUT2D eigenvalue weighted by Gasteiger charge is 2.16. The number of rotatable bonds is 3. The highest BCUT2D eigenvalue weighted by molar-refractivity contribution is 5.34. The van der Waals surface area contributed by atoms with E-state index in [1.54, 1.807) is 0 Å². The van der Waals surface area contributed by atoms with Crippen molar-refractivity contribution in [2.45, 2.75) is 26.0 Å². The van der Waals surface area contributed by atoms with Gasteiger partial charge in [-0.1, -0.05) is 25.1 Å². The summed E-state index contributed by atoms with van der Waals surface area (Å²) in [6.45, 7) is 5.74. The Morgan fingerprint density at radius 3 is 2.94 bits per heavy atom. The van der Waals surface area contributed by atoms with Crippen molar-refractivity contribution in [3.05, 3.63) is 34.9 Å². The van der Waals surface area contributed by atoms with Gasteiger partial charge in [0, 0.05) is 19.6 Å². The quantitative estimate of drug-likeness (QED) is 0.800. The van der Waals surface area contributed by atoms with E-state index in [0.717, 1.165) is 31.6 Å². The lowest BCUT2D eigenvalue weighted by Gasteiger charge is -2.28. The number of likely N-dealkylation sites (N-methyl/N-ethyl adjacent to an activating group) is 1. The molecule has 0 radical (unpaired) electrons. The van der Waals surface area contributed by atoms with Crippen LogP contribution in [0.3, 0.4) is 0 Å². The molecule has 0 aliphatic carbocycles. The van der Waals surface area contributed by atoms with E-state index in [1.165, 1.54) is 11.1 Å². The van der Waals surface area contributed by atoms with Crippen LogP contribution >= 0.6 is 0 Å². The first kappa shape index (κ1) is 11.6. The minimum Gasteiger partial charge on any atom is -0.387 e. The molecular formula is C13H20N2O. The molecule has 3 heteroatoms. The van der Waals surface area contributed by atoms with Crippen molar-refractivity contribution < 1.29 is 5.11 Å². The predicted octanol–water partition coefficient (Wildman–Crippen LogP) is 1.06. The molecule has 1 unspecified atom stereocenters. The molecule has 3 N–H and O–H groups in total. The second-order valence-electron chi connectivity index (χ2n) is 4.40. The first-order valence-electron chi connectivity index (χ1n) is 5.96. The van der Waals surface area contributed by atoms with E-state index >= 15 is 0 Å². The van der Waals surface area contributed by atoms with Crippen LogP contribution in [-0.4, -0.2) is 29.6 Å². The lowest BCUT2D eigenvalue weighted by atomic mass is 9.95. The number of hydrogen-bond acceptors (Lipinski definition) is 3. The average molecular weight is 220 g/mol. The number of fused-ring (bicyclic) bond motifs is 1. The van der Waals surface area contributed by atoms with E-state index in [0.29, 0.717) is 6.54 Å². The second kappa shape index (κ2) is 4.95. The van der Waals surface area contributed by atoms with Crippen molar-refractivity contribution in [3.8, 4) is 0 Å². The van der Waals surface area contributed by atoms with Crippen LogP contribution in [0.15, 0.2) is 18.2 Å². The van der Waals surface area contributed by atoms with Crippen LogP contribution in [0.4, 0.5) is 0 Å². The van der Waals surface area contributed by atoms with Gasteiger partial charge in [-0.05, 0) is 29.7 Å². The van der Waals surface area contributed by atoms with Crippen molar-refractivity contribution in [3.63, 3.8) is 0 Å². The van der Waals surface area contributed by atoms with E-state index in [1.807, 2.05) is 6.07 Å². The third-order valence-corrected chi connectivity index (χ3v) is 3.38. The number of hydrogen-bond donors (Lipinski definition) is 2. The molecular weight excluding hydrogens is 200 g/mol. The van der Waals surface area contributed by atoms with Crippen molar-refractivity contribution in [1.29, 1.82) is 0 Å². The predicted molar refractivity (Wildman–Crippen MR) is 65.1 cm³/mol. The highest BCUT2D eigenvalue weighted by Crippen LogP contribution is 2.22. The molecule has 2 rings (SSSR count). The first-order valence-corrected chi connectivity index (χ1v) is 5.96. The van der Waals surface area contributed by atoms with Gasteiger partial charge in [-0.15, -0.1) is 0 Å². The molecule has 0 saturated heterocycles. The first-order chi connectivity index (χ1) is 7.74. The Kier molecular flexibility index (Phi) is 3.59. The number of aliphatic hydroxyl groups is 1. The lowest BCUT2D eigenvalue weighted by molar-refractivity contribution is 0.186. The smallest absolute Gasteiger partial charge is 0.0912 e. The Morgan fingerprint density at radius 2 is 2.25 bits per heavy atom. The third kappa shape index (κ3) is 2.26. The molecule has 0 amide bonds. The number of benzene rings is 1. The van der Waals surface area contributed by atoms with Crippen LogP contribution in [0.5, 0.6) is 0 Å². The largest absolute Gasteiger partial charge is 0.387 e. The zero-order valence-corrected chi connectivity index (χ0v) is 9.82. The maximum absolute atomic E-state index is 9.69. The molecule has 1 aromatic carbocycles. The molecule has 0 bridgehead atoms. The molecule has 1 aromatic rings. The van der Waals surface area contributed by atoms with Gasteiger partial charge >= 0.3 is 0 Å². The normalized spacial score (nSPS) is 18.2. The zero-order chi connectivity index (χ0) is 11.5. The molecule has 1 aliphatic heterocycles. The summed E-state index contributed by atoms with van der Waals surface area (Å²) in [6, 6.07) is 6.24. The number of nitrogens with zero attached hydrogens (tertiary/aromatic N) is 1. The fourth-order valence-electron chi connectivity index (χ4n) is 2.24. The van der Waals surface area contributed by atoms with Gasteiger partial charge in [0.05, 0.1) is 6.10 Å². The standard InChI is InChI=1S/C13H20N2O/c1-2-15-6-5-10-7-11(13(16)8-14)3-4-12(10)9-15/h3-4,7,13,16H,2,5-6,8-9,14H2,1H3. The number of nitrogens with two attached hydrogens (primary N) is 1. The Labute approximate surface area is 96.9 Å². The van der Waals surface area contributed by atoms with Crippen molar-refractivity contribution >= 4 is 0 Å². The van der Waals surface area contributed by atoms with Gasteiger partial charge in [0.1, 0.15) is 0 Å². The fraction of sp³-hybridized carbons (Fsp3) is 0.538. The second-order valence-corrected chi connectivity index (χ2v) is 4.40. The molecule has 1 heterocycles. The van der Waals surface area contributed by atoms with Crippen molar-refractivity contribution in [2.24, 2.45) is 5.73 Å². The number of aliphatic hydroxyl groups excluding tert-OH is 1. The highest BCUT2D eigenvalue weighted by atomic mass is 16.3. The van der Waals surface area contributed by atoms with Gasteiger partial charge in [0.15, 0.2) is 0 Å². The molecule has 1 atom stereocenters. The summed E-state index contributed by atoms with van der Waals surface area (Å²) in [5, 5.41) is 9.69. The van der Waals surface area contributed by atoms with E-state index in [-0.39, 0.29) is 0 Å². The Bertz CT molecular complexity index is 365. The van der Waals surface area contributed by atoms with Gasteiger partial charge in [0.2, 0.25) is 0 Å². The maximum atomic E-state index is 9.69. The monoisotopic (exact) mass is 220 g/mol. The van der Waals surface area contributed by atoms with Crippen LogP contribution < -0.4 is 5.73 Å². The summed E-state index contributed by atoms with van der Waals surface area (Å²) in [7, 11) is 0. The van der Waals surface area contributed by atoms with Gasteiger partial charge in [-0.25, -0.2) is 0 Å². The zero-order valence-electron chi connectivity index (χ0n) is 9.82. The molecule has 0 fully saturated rings. The third-order valence-electron chi connectivity index (χ3n) is 3.38. The minimum absolute atomic E-state index is 0.292. The summed E-state index contributed by atoms with van der Waals surface area (Å²) in [4.78, 5) is 2.43. The molecule has 0 aromatic heterocycles. The van der Waals surface area contributed by atoms with Crippen LogP contribution in [0.1, 0.15) is 29.7 Å². The Hall–Kier alpha value is -0.900. The Morgan fingerprint density at radius 1 is 1.44 bits per heavy atom. The average Bonchev–Trinajstić information content (AvgIpc) is 2.36. The maximum Gasteiger partial charge on any atom is 0.0912 e. The summed E-state index contributed by atoms with van der Waals surface area (Å²) in [6.07, 6.45) is 0.559. The fourth-order valence-corrected chi connectivity index (χ4v) is 2.24. The Balaban J connectivity index is 2.21. The van der Waals surface area contributed by atoms with Crippen LogP contribution in [0.25, 0.3) is 0 Å². The van der Waals surface area contributed by atoms with Gasteiger partial charge < -0.3 is 10.8 Å². The van der Waals surface area contributed by atoms with Crippen molar-refractivity contribution in [2.75, 3.05) is 19.6 Å². The molecule has 3 nitrogen and oxygen atoms in total. The van der Waals surface area contributed by atoms with E-state index in [9.17, 15) is 5.11 Å². The molecule has 1 aliphatic rings. The minimum atomic E-state index is -0.519. The summed E-state index contributed by atoms with van der Waals surface area (Å²) in [5.41, 5.74) is 9.18. The van der Waals surface area contributed by atoms with Crippen molar-refractivity contribution in [1.82, 2.24) is 4.90 Å².